The molecule has 1 aromatic heterocycles. The van der Waals surface area contributed by atoms with Gasteiger partial charge in [0.2, 0.25) is 5.13 Å². The van der Waals surface area contributed by atoms with Crippen molar-refractivity contribution in [1.82, 2.24) is 9.36 Å². The fourth-order valence-electron chi connectivity index (χ4n) is 0.397. The number of hydrazine groups is 1. The molecule has 0 saturated carbocycles. The molecular formula is C3H3Cl3N4S. The van der Waals surface area contributed by atoms with Crippen LogP contribution in [0.1, 0.15) is 5.82 Å². The molecule has 0 atom stereocenters. The average molecular weight is 234 g/mol. The normalized spacial score (nSPS) is 11.6. The summed E-state index contributed by atoms with van der Waals surface area (Å²) < 4.78 is 2.17. The van der Waals surface area contributed by atoms with Gasteiger partial charge in [-0.25, -0.2) is 5.84 Å². The highest BCUT2D eigenvalue weighted by Gasteiger charge is 2.28. The summed E-state index contributed by atoms with van der Waals surface area (Å²) >= 11 is 17.4. The lowest BCUT2D eigenvalue weighted by molar-refractivity contribution is 1.04. The van der Waals surface area contributed by atoms with Gasteiger partial charge in [0, 0.05) is 11.5 Å². The second-order valence-corrected chi connectivity index (χ2v) is 4.60. The Bertz CT molecular complexity index is 243. The van der Waals surface area contributed by atoms with Crippen molar-refractivity contribution < 1.29 is 0 Å². The van der Waals surface area contributed by atoms with E-state index in [2.05, 4.69) is 14.8 Å². The first-order valence-corrected chi connectivity index (χ1v) is 4.32. The van der Waals surface area contributed by atoms with Gasteiger partial charge in [0.15, 0.2) is 5.82 Å². The summed E-state index contributed by atoms with van der Waals surface area (Å²) in [5.41, 5.74) is 2.29. The van der Waals surface area contributed by atoms with E-state index in [0.29, 0.717) is 5.13 Å². The zero-order chi connectivity index (χ0) is 8.48. The Labute approximate surface area is 81.8 Å². The van der Waals surface area contributed by atoms with Crippen LogP contribution in [0.3, 0.4) is 0 Å². The van der Waals surface area contributed by atoms with Crippen LogP contribution in [0.2, 0.25) is 0 Å². The number of hydrogen-bond acceptors (Lipinski definition) is 5. The molecule has 3 N–H and O–H groups in total. The van der Waals surface area contributed by atoms with Crippen LogP contribution in [0.5, 0.6) is 0 Å². The maximum atomic E-state index is 5.47. The van der Waals surface area contributed by atoms with Crippen LogP contribution in [0.15, 0.2) is 0 Å². The number of nitrogens with one attached hydrogen (secondary N) is 1. The standard InChI is InChI=1S/C3H3Cl3N4S/c4-3(5,6)1-8-2(9-7)11-10-1/h7H2,(H,8,9,10). The lowest BCUT2D eigenvalue weighted by atomic mass is 10.7. The first kappa shape index (κ1) is 9.28. The summed E-state index contributed by atoms with van der Waals surface area (Å²) in [7, 11) is 0. The lowest BCUT2D eigenvalue weighted by Crippen LogP contribution is -2.07. The van der Waals surface area contributed by atoms with Gasteiger partial charge in [-0.2, -0.15) is 9.36 Å². The fourth-order valence-corrected chi connectivity index (χ4v) is 1.33. The minimum Gasteiger partial charge on any atom is -0.299 e. The highest BCUT2D eigenvalue weighted by atomic mass is 35.6. The number of aromatic nitrogens is 2. The van der Waals surface area contributed by atoms with Crippen molar-refractivity contribution in [3.63, 3.8) is 0 Å². The smallest absolute Gasteiger partial charge is 0.251 e. The molecule has 0 aromatic carbocycles. The van der Waals surface area contributed by atoms with E-state index < -0.39 is 3.79 Å². The second-order valence-electron chi connectivity index (χ2n) is 1.57. The van der Waals surface area contributed by atoms with Crippen LogP contribution in [-0.4, -0.2) is 9.36 Å². The molecule has 0 amide bonds. The van der Waals surface area contributed by atoms with Crippen molar-refractivity contribution in [3.05, 3.63) is 5.82 Å². The molecule has 0 saturated heterocycles. The van der Waals surface area contributed by atoms with Crippen LogP contribution in [-0.2, 0) is 3.79 Å². The molecule has 0 unspecified atom stereocenters. The predicted octanol–water partition coefficient (Wildman–Crippen LogP) is 1.65. The molecule has 0 aliphatic heterocycles. The number of alkyl halides is 3. The molecule has 0 bridgehead atoms. The second kappa shape index (κ2) is 3.28. The van der Waals surface area contributed by atoms with E-state index in [4.69, 9.17) is 40.6 Å². The average Bonchev–Trinajstić information content (AvgIpc) is 2.32. The summed E-state index contributed by atoms with van der Waals surface area (Å²) in [6.07, 6.45) is 0. The van der Waals surface area contributed by atoms with Crippen molar-refractivity contribution in [1.29, 1.82) is 0 Å². The maximum Gasteiger partial charge on any atom is 0.251 e. The third-order valence-corrected chi connectivity index (χ3v) is 1.96. The van der Waals surface area contributed by atoms with Crippen molar-refractivity contribution in [2.75, 3.05) is 5.43 Å². The van der Waals surface area contributed by atoms with Crippen LogP contribution >= 0.6 is 46.3 Å². The van der Waals surface area contributed by atoms with Crippen molar-refractivity contribution >= 4 is 51.5 Å². The SMILES string of the molecule is NNc1nc(C(Cl)(Cl)Cl)ns1. The fraction of sp³-hybridized carbons (Fsp3) is 0.333. The van der Waals surface area contributed by atoms with E-state index in [0.717, 1.165) is 11.5 Å². The molecule has 0 spiro atoms. The van der Waals surface area contributed by atoms with Gasteiger partial charge in [0.25, 0.3) is 3.79 Å². The number of hydrogen-bond donors (Lipinski definition) is 2. The molecule has 4 nitrogen and oxygen atoms in total. The molecule has 0 fully saturated rings. The summed E-state index contributed by atoms with van der Waals surface area (Å²) in [4.78, 5) is 3.78. The molecule has 8 heteroatoms. The van der Waals surface area contributed by atoms with E-state index in [1.807, 2.05) is 0 Å². The monoisotopic (exact) mass is 232 g/mol. The summed E-state index contributed by atoms with van der Waals surface area (Å²) in [5.74, 6) is 5.16. The molecular weight excluding hydrogens is 230 g/mol. The highest BCUT2D eigenvalue weighted by Crippen LogP contribution is 2.37. The Hall–Kier alpha value is 0.190. The molecule has 62 valence electrons. The van der Waals surface area contributed by atoms with E-state index in [1.165, 1.54) is 0 Å². The number of nitrogens with two attached hydrogens (primary N) is 1. The number of rotatable bonds is 1. The van der Waals surface area contributed by atoms with Crippen LogP contribution in [0.25, 0.3) is 0 Å². The van der Waals surface area contributed by atoms with Gasteiger partial charge in [-0.1, -0.05) is 34.8 Å². The lowest BCUT2D eigenvalue weighted by Gasteiger charge is -2.02. The number of nitrogen functional groups attached to an aromatic ring is 1. The zero-order valence-electron chi connectivity index (χ0n) is 5.01. The van der Waals surface area contributed by atoms with Crippen molar-refractivity contribution in [2.45, 2.75) is 3.79 Å². The number of anilines is 1. The van der Waals surface area contributed by atoms with Gasteiger partial charge in [-0.15, -0.1) is 0 Å². The van der Waals surface area contributed by atoms with Gasteiger partial charge in [0.1, 0.15) is 0 Å². The molecule has 1 heterocycles. The molecule has 1 rings (SSSR count). The molecule has 0 radical (unpaired) electrons. The first-order valence-electron chi connectivity index (χ1n) is 2.41. The number of halogens is 3. The number of nitrogens with zero attached hydrogens (tertiary/aromatic N) is 2. The Kier molecular flexibility index (Phi) is 2.77. The minimum absolute atomic E-state index is 0.125. The molecule has 11 heavy (non-hydrogen) atoms. The van der Waals surface area contributed by atoms with Gasteiger partial charge < -0.3 is 0 Å². The van der Waals surface area contributed by atoms with Gasteiger partial charge in [-0.05, 0) is 0 Å². The third-order valence-electron chi connectivity index (χ3n) is 0.803. The molecule has 0 aliphatic rings. The highest BCUT2D eigenvalue weighted by molar-refractivity contribution is 7.09. The Balaban J connectivity index is 2.89. The quantitative estimate of drug-likeness (QED) is 0.440. The Morgan fingerprint density at radius 1 is 1.45 bits per heavy atom. The summed E-state index contributed by atoms with van der Waals surface area (Å²) in [6, 6.07) is 0. The van der Waals surface area contributed by atoms with E-state index in [9.17, 15) is 0 Å². The summed E-state index contributed by atoms with van der Waals surface area (Å²) in [6.45, 7) is 0. The largest absolute Gasteiger partial charge is 0.299 e. The first-order chi connectivity index (χ1) is 5.04. The van der Waals surface area contributed by atoms with Gasteiger partial charge >= 0.3 is 0 Å². The third kappa shape index (κ3) is 2.31. The van der Waals surface area contributed by atoms with E-state index in [-0.39, 0.29) is 5.82 Å². The van der Waals surface area contributed by atoms with Crippen LogP contribution < -0.4 is 11.3 Å². The van der Waals surface area contributed by atoms with Crippen LogP contribution in [0, 0.1) is 0 Å². The van der Waals surface area contributed by atoms with E-state index in [1.54, 1.807) is 0 Å². The molecule has 1 aromatic rings. The summed E-state index contributed by atoms with van der Waals surface area (Å²) in [5, 5.41) is 0.409. The Morgan fingerprint density at radius 3 is 2.36 bits per heavy atom. The van der Waals surface area contributed by atoms with Crippen molar-refractivity contribution in [3.8, 4) is 0 Å². The van der Waals surface area contributed by atoms with Crippen LogP contribution in [0.4, 0.5) is 5.13 Å². The van der Waals surface area contributed by atoms with Gasteiger partial charge in [-0.3, -0.25) is 5.43 Å². The zero-order valence-corrected chi connectivity index (χ0v) is 8.10. The predicted molar refractivity (Wildman–Crippen MR) is 47.0 cm³/mol. The van der Waals surface area contributed by atoms with Gasteiger partial charge in [0.05, 0.1) is 0 Å². The maximum absolute atomic E-state index is 5.47. The van der Waals surface area contributed by atoms with Crippen molar-refractivity contribution in [2.24, 2.45) is 5.84 Å². The van der Waals surface area contributed by atoms with E-state index >= 15 is 0 Å². The molecule has 0 aliphatic carbocycles. The topological polar surface area (TPSA) is 63.8 Å². The Morgan fingerprint density at radius 2 is 2.09 bits per heavy atom. The minimum atomic E-state index is -1.58.